The van der Waals surface area contributed by atoms with Gasteiger partial charge in [-0.2, -0.15) is 13.2 Å². The van der Waals surface area contributed by atoms with Gasteiger partial charge in [-0.3, -0.25) is 4.79 Å². The van der Waals surface area contributed by atoms with Gasteiger partial charge in [0.25, 0.3) is 0 Å². The second kappa shape index (κ2) is 5.31. The lowest BCUT2D eigenvalue weighted by Gasteiger charge is -2.40. The van der Waals surface area contributed by atoms with E-state index < -0.39 is 17.5 Å². The number of alkyl halides is 3. The number of carbonyl (C=O) groups is 1. The summed E-state index contributed by atoms with van der Waals surface area (Å²) in [6, 6.07) is 0. The molecule has 0 radical (unpaired) electrons. The molecule has 110 valence electrons. The second-order valence-corrected chi connectivity index (χ2v) is 5.95. The molecular formula is C13H21F3N2O. The number of hydrogen-bond acceptors (Lipinski definition) is 2. The van der Waals surface area contributed by atoms with Gasteiger partial charge in [-0.1, -0.05) is 0 Å². The molecule has 1 unspecified atom stereocenters. The van der Waals surface area contributed by atoms with Crippen LogP contribution in [-0.2, 0) is 4.79 Å². The van der Waals surface area contributed by atoms with E-state index in [4.69, 9.17) is 0 Å². The van der Waals surface area contributed by atoms with Crippen LogP contribution in [-0.4, -0.2) is 43.2 Å². The summed E-state index contributed by atoms with van der Waals surface area (Å²) < 4.78 is 37.8. The lowest BCUT2D eigenvalue weighted by molar-refractivity contribution is -0.187. The molecule has 0 bridgehead atoms. The predicted octanol–water partition coefficient (Wildman–Crippen LogP) is 2.18. The highest BCUT2D eigenvalue weighted by atomic mass is 19.4. The van der Waals surface area contributed by atoms with Crippen molar-refractivity contribution in [2.45, 2.75) is 38.8 Å². The van der Waals surface area contributed by atoms with Crippen LogP contribution in [0.2, 0.25) is 0 Å². The maximum atomic E-state index is 12.6. The zero-order valence-corrected chi connectivity index (χ0v) is 11.2. The summed E-state index contributed by atoms with van der Waals surface area (Å²) in [5.41, 5.74) is -0.441. The van der Waals surface area contributed by atoms with Gasteiger partial charge in [0, 0.05) is 19.6 Å². The van der Waals surface area contributed by atoms with Crippen molar-refractivity contribution in [3.8, 4) is 0 Å². The van der Waals surface area contributed by atoms with Crippen LogP contribution < -0.4 is 5.32 Å². The molecule has 1 atom stereocenters. The molecule has 0 saturated carbocycles. The number of nitrogens with zero attached hydrogens (tertiary/aromatic N) is 1. The van der Waals surface area contributed by atoms with Crippen LogP contribution in [0.15, 0.2) is 0 Å². The molecule has 19 heavy (non-hydrogen) atoms. The van der Waals surface area contributed by atoms with Gasteiger partial charge < -0.3 is 10.2 Å². The third-order valence-electron chi connectivity index (χ3n) is 4.36. The van der Waals surface area contributed by atoms with E-state index in [1.54, 1.807) is 4.90 Å². The highest BCUT2D eigenvalue weighted by molar-refractivity contribution is 5.82. The van der Waals surface area contributed by atoms with Crippen LogP contribution >= 0.6 is 0 Å². The minimum absolute atomic E-state index is 0.0142. The van der Waals surface area contributed by atoms with E-state index in [2.05, 4.69) is 5.32 Å². The van der Waals surface area contributed by atoms with Gasteiger partial charge in [-0.05, 0) is 39.2 Å². The molecule has 0 spiro atoms. The Hall–Kier alpha value is -0.780. The minimum Gasteiger partial charge on any atom is -0.342 e. The molecular weight excluding hydrogens is 257 g/mol. The average Bonchev–Trinajstić information content (AvgIpc) is 2.38. The zero-order valence-electron chi connectivity index (χ0n) is 11.2. The van der Waals surface area contributed by atoms with Gasteiger partial charge in [0.15, 0.2) is 0 Å². The third kappa shape index (κ3) is 3.22. The fourth-order valence-electron chi connectivity index (χ4n) is 3.03. The summed E-state index contributed by atoms with van der Waals surface area (Å²) in [6.45, 7) is 3.93. The van der Waals surface area contributed by atoms with E-state index in [1.807, 2.05) is 6.92 Å². The molecule has 2 aliphatic rings. The van der Waals surface area contributed by atoms with Gasteiger partial charge >= 0.3 is 6.18 Å². The Bertz CT molecular complexity index is 329. The van der Waals surface area contributed by atoms with Crippen LogP contribution in [0.25, 0.3) is 0 Å². The van der Waals surface area contributed by atoms with E-state index in [1.165, 1.54) is 0 Å². The molecule has 0 aromatic carbocycles. The smallest absolute Gasteiger partial charge is 0.342 e. The number of piperidine rings is 2. The highest BCUT2D eigenvalue weighted by Crippen LogP contribution is 2.36. The van der Waals surface area contributed by atoms with Crippen molar-refractivity contribution in [3.05, 3.63) is 0 Å². The molecule has 2 rings (SSSR count). The maximum Gasteiger partial charge on any atom is 0.391 e. The highest BCUT2D eigenvalue weighted by Gasteiger charge is 2.44. The molecule has 2 heterocycles. The largest absolute Gasteiger partial charge is 0.391 e. The van der Waals surface area contributed by atoms with Crippen molar-refractivity contribution < 1.29 is 18.0 Å². The topological polar surface area (TPSA) is 32.3 Å². The van der Waals surface area contributed by atoms with Crippen molar-refractivity contribution in [2.75, 3.05) is 26.2 Å². The summed E-state index contributed by atoms with van der Waals surface area (Å²) in [6.07, 6.45) is -2.28. The molecule has 1 amide bonds. The first-order valence-electron chi connectivity index (χ1n) is 6.90. The number of halogens is 3. The number of rotatable bonds is 1. The summed E-state index contributed by atoms with van der Waals surface area (Å²) in [7, 11) is 0. The molecule has 0 aliphatic carbocycles. The Morgan fingerprint density at radius 3 is 2.42 bits per heavy atom. The molecule has 2 aliphatic heterocycles. The van der Waals surface area contributed by atoms with E-state index in [0.717, 1.165) is 19.4 Å². The van der Waals surface area contributed by atoms with Crippen molar-refractivity contribution in [3.63, 3.8) is 0 Å². The Morgan fingerprint density at radius 1 is 1.32 bits per heavy atom. The zero-order chi connectivity index (χ0) is 14.1. The quantitative estimate of drug-likeness (QED) is 0.797. The van der Waals surface area contributed by atoms with Crippen LogP contribution in [0.5, 0.6) is 0 Å². The average molecular weight is 278 g/mol. The predicted molar refractivity (Wildman–Crippen MR) is 65.6 cm³/mol. The van der Waals surface area contributed by atoms with Crippen LogP contribution in [0.1, 0.15) is 32.6 Å². The third-order valence-corrected chi connectivity index (χ3v) is 4.36. The standard InChI is InChI=1S/C13H21F3N2O/c1-12(5-2-6-17-9-12)11(19)18-7-3-10(4-8-18)13(14,15)16/h10,17H,2-9H2,1H3. The molecule has 0 aromatic heterocycles. The number of carbonyl (C=O) groups excluding carboxylic acids is 1. The van der Waals surface area contributed by atoms with Gasteiger partial charge in [0.05, 0.1) is 11.3 Å². The maximum absolute atomic E-state index is 12.6. The van der Waals surface area contributed by atoms with E-state index >= 15 is 0 Å². The van der Waals surface area contributed by atoms with Gasteiger partial charge in [-0.15, -0.1) is 0 Å². The molecule has 6 heteroatoms. The number of hydrogen-bond donors (Lipinski definition) is 1. The second-order valence-electron chi connectivity index (χ2n) is 5.95. The first kappa shape index (κ1) is 14.6. The summed E-state index contributed by atoms with van der Waals surface area (Å²) in [5.74, 6) is -1.23. The van der Waals surface area contributed by atoms with Crippen LogP contribution in [0.4, 0.5) is 13.2 Å². The normalized spacial score (nSPS) is 30.4. The molecule has 3 nitrogen and oxygen atoms in total. The van der Waals surface area contributed by atoms with Crippen LogP contribution in [0.3, 0.4) is 0 Å². The Labute approximate surface area is 111 Å². The molecule has 2 fully saturated rings. The Balaban J connectivity index is 1.92. The fraction of sp³-hybridized carbons (Fsp3) is 0.923. The summed E-state index contributed by atoms with van der Waals surface area (Å²) in [4.78, 5) is 14.1. The first-order valence-corrected chi connectivity index (χ1v) is 6.90. The van der Waals surface area contributed by atoms with E-state index in [0.29, 0.717) is 6.54 Å². The first-order chi connectivity index (χ1) is 8.83. The lowest BCUT2D eigenvalue weighted by Crippen LogP contribution is -2.52. The van der Waals surface area contributed by atoms with Crippen molar-refractivity contribution >= 4 is 5.91 Å². The van der Waals surface area contributed by atoms with Crippen molar-refractivity contribution in [1.82, 2.24) is 10.2 Å². The molecule has 0 aromatic rings. The number of nitrogens with one attached hydrogen (secondary N) is 1. The fourth-order valence-corrected chi connectivity index (χ4v) is 3.03. The summed E-state index contributed by atoms with van der Waals surface area (Å²) >= 11 is 0. The van der Waals surface area contributed by atoms with Gasteiger partial charge in [0.2, 0.25) is 5.91 Å². The van der Waals surface area contributed by atoms with E-state index in [9.17, 15) is 18.0 Å². The Kier molecular flexibility index (Phi) is 4.08. The molecule has 1 N–H and O–H groups in total. The van der Waals surface area contributed by atoms with Gasteiger partial charge in [-0.25, -0.2) is 0 Å². The van der Waals surface area contributed by atoms with Crippen molar-refractivity contribution in [2.24, 2.45) is 11.3 Å². The lowest BCUT2D eigenvalue weighted by atomic mass is 9.80. The summed E-state index contributed by atoms with van der Waals surface area (Å²) in [5, 5.41) is 3.20. The number of amides is 1. The monoisotopic (exact) mass is 278 g/mol. The van der Waals surface area contributed by atoms with E-state index in [-0.39, 0.29) is 31.8 Å². The van der Waals surface area contributed by atoms with Crippen LogP contribution in [0, 0.1) is 11.3 Å². The van der Waals surface area contributed by atoms with Gasteiger partial charge in [0.1, 0.15) is 0 Å². The minimum atomic E-state index is -4.12. The van der Waals surface area contributed by atoms with Crippen molar-refractivity contribution in [1.29, 1.82) is 0 Å². The number of likely N-dealkylation sites (tertiary alicyclic amines) is 1. The molecule has 2 saturated heterocycles. The Morgan fingerprint density at radius 2 is 1.95 bits per heavy atom. The SMILES string of the molecule is CC1(C(=O)N2CCC(C(F)(F)F)CC2)CCCNC1.